The Labute approximate surface area is 208 Å². The molecule has 0 aliphatic carbocycles. The highest BCUT2D eigenvalue weighted by atomic mass is 32.1. The maximum Gasteiger partial charge on any atom is 0.173 e. The van der Waals surface area contributed by atoms with Crippen molar-refractivity contribution in [2.24, 2.45) is 0 Å². The van der Waals surface area contributed by atoms with E-state index in [1.807, 2.05) is 24.3 Å². The third kappa shape index (κ3) is 7.55. The van der Waals surface area contributed by atoms with Crippen LogP contribution in [-0.4, -0.2) is 28.2 Å². The van der Waals surface area contributed by atoms with Crippen molar-refractivity contribution in [3.8, 4) is 0 Å². The van der Waals surface area contributed by atoms with E-state index >= 15 is 0 Å². The van der Waals surface area contributed by atoms with E-state index in [1.165, 1.54) is 27.8 Å². The minimum atomic E-state index is 0.603. The Balaban J connectivity index is 1.61. The molecule has 0 fully saturated rings. The van der Waals surface area contributed by atoms with Crippen molar-refractivity contribution in [2.75, 3.05) is 23.7 Å². The summed E-state index contributed by atoms with van der Waals surface area (Å²) >= 11 is 11.3. The molecule has 3 rings (SSSR count). The van der Waals surface area contributed by atoms with Crippen molar-refractivity contribution < 1.29 is 0 Å². The van der Waals surface area contributed by atoms with E-state index in [0.29, 0.717) is 23.3 Å². The fraction of sp³-hybridized carbons (Fsp3) is 0.259. The maximum absolute atomic E-state index is 5.78. The molecule has 0 saturated heterocycles. The molecule has 6 heteroatoms. The molecule has 0 bridgehead atoms. The number of benzene rings is 3. The summed E-state index contributed by atoms with van der Waals surface area (Å²) < 4.78 is 0. The number of hydrogen-bond acceptors (Lipinski definition) is 2. The number of anilines is 2. The SMILES string of the molecule is Cc1ccc(NC(=S)NCCN(Cc2ccccc2)C(=S)Nc2ccc(C)c(C)c2)cc1C. The van der Waals surface area contributed by atoms with Crippen LogP contribution >= 0.6 is 24.4 Å². The number of nitrogens with zero attached hydrogens (tertiary/aromatic N) is 1. The number of rotatable bonds is 7. The van der Waals surface area contributed by atoms with E-state index in [1.54, 1.807) is 0 Å². The van der Waals surface area contributed by atoms with E-state index in [9.17, 15) is 0 Å². The molecule has 33 heavy (non-hydrogen) atoms. The Hall–Kier alpha value is -2.96. The monoisotopic (exact) mass is 476 g/mol. The van der Waals surface area contributed by atoms with Gasteiger partial charge in [0, 0.05) is 31.0 Å². The van der Waals surface area contributed by atoms with E-state index in [4.69, 9.17) is 24.4 Å². The van der Waals surface area contributed by atoms with Crippen LogP contribution in [-0.2, 0) is 6.54 Å². The van der Waals surface area contributed by atoms with Crippen LogP contribution in [0.15, 0.2) is 66.7 Å². The summed E-state index contributed by atoms with van der Waals surface area (Å²) in [6, 6.07) is 22.9. The summed E-state index contributed by atoms with van der Waals surface area (Å²) in [5.41, 5.74) is 8.20. The zero-order chi connectivity index (χ0) is 23.8. The summed E-state index contributed by atoms with van der Waals surface area (Å²) in [6.45, 7) is 10.5. The van der Waals surface area contributed by atoms with Crippen LogP contribution in [0.2, 0.25) is 0 Å². The van der Waals surface area contributed by atoms with Gasteiger partial charge in [0.05, 0.1) is 0 Å². The van der Waals surface area contributed by atoms with Crippen LogP contribution < -0.4 is 16.0 Å². The molecule has 172 valence electrons. The zero-order valence-corrected chi connectivity index (χ0v) is 21.4. The first-order valence-electron chi connectivity index (χ1n) is 11.1. The first-order chi connectivity index (χ1) is 15.8. The second-order valence-corrected chi connectivity index (χ2v) is 9.11. The molecule has 0 saturated carbocycles. The number of aryl methyl sites for hydroxylation is 4. The largest absolute Gasteiger partial charge is 0.361 e. The minimum Gasteiger partial charge on any atom is -0.361 e. The third-order valence-electron chi connectivity index (χ3n) is 5.69. The highest BCUT2D eigenvalue weighted by molar-refractivity contribution is 7.80. The van der Waals surface area contributed by atoms with Crippen molar-refractivity contribution in [3.63, 3.8) is 0 Å². The highest BCUT2D eigenvalue weighted by Gasteiger charge is 2.12. The molecular weight excluding hydrogens is 444 g/mol. The van der Waals surface area contributed by atoms with Gasteiger partial charge in [0.15, 0.2) is 10.2 Å². The quantitative estimate of drug-likeness (QED) is 0.358. The second kappa shape index (κ2) is 11.8. The molecule has 0 aromatic heterocycles. The van der Waals surface area contributed by atoms with Crippen LogP contribution in [0, 0.1) is 27.7 Å². The van der Waals surface area contributed by atoms with Gasteiger partial charge in [-0.1, -0.05) is 42.5 Å². The molecule has 0 spiro atoms. The first-order valence-corrected chi connectivity index (χ1v) is 11.9. The van der Waals surface area contributed by atoms with Crippen LogP contribution in [0.5, 0.6) is 0 Å². The zero-order valence-electron chi connectivity index (χ0n) is 19.7. The van der Waals surface area contributed by atoms with Gasteiger partial charge in [-0.25, -0.2) is 0 Å². The van der Waals surface area contributed by atoms with Gasteiger partial charge in [-0.15, -0.1) is 0 Å². The normalized spacial score (nSPS) is 10.4. The Morgan fingerprint density at radius 2 is 1.30 bits per heavy atom. The molecule has 3 aromatic rings. The van der Waals surface area contributed by atoms with E-state index < -0.39 is 0 Å². The van der Waals surface area contributed by atoms with E-state index in [0.717, 1.165) is 17.9 Å². The lowest BCUT2D eigenvalue weighted by Crippen LogP contribution is -2.41. The Morgan fingerprint density at radius 3 is 1.88 bits per heavy atom. The van der Waals surface area contributed by atoms with E-state index in [2.05, 4.69) is 91.0 Å². The van der Waals surface area contributed by atoms with Gasteiger partial charge in [-0.3, -0.25) is 0 Å². The molecule has 0 radical (unpaired) electrons. The highest BCUT2D eigenvalue weighted by Crippen LogP contribution is 2.16. The fourth-order valence-corrected chi connectivity index (χ4v) is 3.87. The Kier molecular flexibility index (Phi) is 8.80. The molecular formula is C27H32N4S2. The van der Waals surface area contributed by atoms with Crippen molar-refractivity contribution in [3.05, 3.63) is 94.5 Å². The standard InChI is InChI=1S/C27H32N4S2/c1-19-10-12-24(16-21(19)3)29-26(32)28-14-15-31(18-23-8-6-5-7-9-23)27(33)30-25-13-11-20(2)22(4)17-25/h5-13,16-17H,14-15,18H2,1-4H3,(H,30,33)(H2,28,29,32). The molecule has 3 N–H and O–H groups in total. The first kappa shape index (κ1) is 24.7. The average Bonchev–Trinajstić information content (AvgIpc) is 2.79. The van der Waals surface area contributed by atoms with Crippen molar-refractivity contribution in [2.45, 2.75) is 34.2 Å². The minimum absolute atomic E-state index is 0.603. The van der Waals surface area contributed by atoms with Crippen LogP contribution in [0.4, 0.5) is 11.4 Å². The molecule has 0 atom stereocenters. The van der Waals surface area contributed by atoms with Crippen molar-refractivity contribution >= 4 is 46.0 Å². The van der Waals surface area contributed by atoms with Gasteiger partial charge < -0.3 is 20.9 Å². The fourth-order valence-electron chi connectivity index (χ4n) is 3.38. The van der Waals surface area contributed by atoms with Gasteiger partial charge in [0.1, 0.15) is 0 Å². The van der Waals surface area contributed by atoms with Crippen molar-refractivity contribution in [1.29, 1.82) is 0 Å². The molecule has 0 unspecified atom stereocenters. The number of nitrogens with one attached hydrogen (secondary N) is 3. The van der Waals surface area contributed by atoms with Gasteiger partial charge in [-0.05, 0) is 104 Å². The topological polar surface area (TPSA) is 39.3 Å². The van der Waals surface area contributed by atoms with Gasteiger partial charge in [-0.2, -0.15) is 0 Å². The summed E-state index contributed by atoms with van der Waals surface area (Å²) in [7, 11) is 0. The maximum atomic E-state index is 5.78. The van der Waals surface area contributed by atoms with E-state index in [-0.39, 0.29) is 0 Å². The molecule has 3 aromatic carbocycles. The van der Waals surface area contributed by atoms with Gasteiger partial charge >= 0.3 is 0 Å². The molecule has 0 amide bonds. The lowest BCUT2D eigenvalue weighted by atomic mass is 10.1. The lowest BCUT2D eigenvalue weighted by molar-refractivity contribution is 0.422. The van der Waals surface area contributed by atoms with Crippen LogP contribution in [0.25, 0.3) is 0 Å². The predicted molar refractivity (Wildman–Crippen MR) is 149 cm³/mol. The summed E-state index contributed by atoms with van der Waals surface area (Å²) in [4.78, 5) is 2.16. The second-order valence-electron chi connectivity index (χ2n) is 8.32. The smallest absolute Gasteiger partial charge is 0.173 e. The Morgan fingerprint density at radius 1 is 0.727 bits per heavy atom. The molecule has 4 nitrogen and oxygen atoms in total. The summed E-state index contributed by atoms with van der Waals surface area (Å²) in [5, 5.41) is 11.3. The molecule has 0 heterocycles. The lowest BCUT2D eigenvalue weighted by Gasteiger charge is -2.27. The number of hydrogen-bond donors (Lipinski definition) is 3. The number of thiocarbonyl (C=S) groups is 2. The summed E-state index contributed by atoms with van der Waals surface area (Å²) in [6.07, 6.45) is 0. The third-order valence-corrected chi connectivity index (χ3v) is 6.30. The average molecular weight is 477 g/mol. The van der Waals surface area contributed by atoms with Gasteiger partial charge in [0.2, 0.25) is 0 Å². The van der Waals surface area contributed by atoms with Crippen molar-refractivity contribution in [1.82, 2.24) is 10.2 Å². The summed E-state index contributed by atoms with van der Waals surface area (Å²) in [5.74, 6) is 0. The molecule has 0 aliphatic heterocycles. The van der Waals surface area contributed by atoms with Crippen LogP contribution in [0.3, 0.4) is 0 Å². The van der Waals surface area contributed by atoms with Crippen LogP contribution in [0.1, 0.15) is 27.8 Å². The predicted octanol–water partition coefficient (Wildman–Crippen LogP) is 6.11. The van der Waals surface area contributed by atoms with Gasteiger partial charge in [0.25, 0.3) is 0 Å². The molecule has 0 aliphatic rings. The Bertz CT molecular complexity index is 1110.